The van der Waals surface area contributed by atoms with Crippen LogP contribution in [-0.2, 0) is 11.2 Å². The first-order chi connectivity index (χ1) is 14.1. The lowest BCUT2D eigenvalue weighted by atomic mass is 9.98. The van der Waals surface area contributed by atoms with E-state index >= 15 is 0 Å². The molecule has 0 saturated heterocycles. The molecule has 2 aromatic heterocycles. The zero-order valence-electron chi connectivity index (χ0n) is 16.3. The summed E-state index contributed by atoms with van der Waals surface area (Å²) in [5.41, 5.74) is 3.49. The number of carbonyl (C=O) groups is 2. The lowest BCUT2D eigenvalue weighted by molar-refractivity contribution is 0.0279. The van der Waals surface area contributed by atoms with Gasteiger partial charge in [0.25, 0.3) is 0 Å². The average molecular weight is 387 g/mol. The molecule has 1 N–H and O–H groups in total. The second-order valence-corrected chi connectivity index (χ2v) is 6.85. The molecule has 0 aliphatic heterocycles. The topological polar surface area (TPSA) is 72.3 Å². The second kappa shape index (κ2) is 7.80. The fourth-order valence-electron chi connectivity index (χ4n) is 3.52. The molecule has 0 spiro atoms. The van der Waals surface area contributed by atoms with E-state index in [-0.39, 0.29) is 5.78 Å². The van der Waals surface area contributed by atoms with E-state index in [1.165, 1.54) is 6.26 Å². The van der Waals surface area contributed by atoms with Gasteiger partial charge in [0.1, 0.15) is 11.3 Å². The van der Waals surface area contributed by atoms with E-state index in [0.29, 0.717) is 22.5 Å². The summed E-state index contributed by atoms with van der Waals surface area (Å²) in [6.45, 7) is 3.75. The summed E-state index contributed by atoms with van der Waals surface area (Å²) in [6, 6.07) is 16.5. The molecule has 0 aliphatic rings. The number of benzene rings is 2. The van der Waals surface area contributed by atoms with Crippen molar-refractivity contribution in [3.63, 3.8) is 0 Å². The maximum absolute atomic E-state index is 13.5. The standard InChI is InChI=1S/C24H21NO4/c1-3-16-10-7-11-19-20(14-25-21(16)19)22(26)23(17-8-5-4-6-9-17)29-24(27)18-12-13-28-15(18)2/h4-14,23,25H,3H2,1-2H3/t23-/m0/s1. The Morgan fingerprint density at radius 3 is 2.52 bits per heavy atom. The minimum Gasteiger partial charge on any atom is -0.469 e. The SMILES string of the molecule is CCc1cccc2c(C(=O)[C@@H](OC(=O)c3ccoc3C)c3ccccc3)c[nH]c12. The predicted octanol–water partition coefficient (Wildman–Crippen LogP) is 5.41. The molecular formula is C24H21NO4. The molecular weight excluding hydrogens is 366 g/mol. The van der Waals surface area contributed by atoms with Crippen molar-refractivity contribution in [2.75, 3.05) is 0 Å². The second-order valence-electron chi connectivity index (χ2n) is 6.85. The van der Waals surface area contributed by atoms with Crippen LogP contribution in [0.1, 0.15) is 50.6 Å². The number of aromatic nitrogens is 1. The summed E-state index contributed by atoms with van der Waals surface area (Å²) in [5, 5.41) is 0.825. The van der Waals surface area contributed by atoms with Gasteiger partial charge in [-0.05, 0) is 25.0 Å². The third-order valence-electron chi connectivity index (χ3n) is 5.09. The quantitative estimate of drug-likeness (QED) is 0.354. The van der Waals surface area contributed by atoms with E-state index in [4.69, 9.17) is 9.15 Å². The maximum Gasteiger partial charge on any atom is 0.342 e. The number of para-hydroxylation sites is 1. The van der Waals surface area contributed by atoms with Crippen molar-refractivity contribution in [3.05, 3.63) is 95.1 Å². The van der Waals surface area contributed by atoms with Gasteiger partial charge >= 0.3 is 5.97 Å². The van der Waals surface area contributed by atoms with Crippen LogP contribution >= 0.6 is 0 Å². The van der Waals surface area contributed by atoms with Crippen LogP contribution < -0.4 is 0 Å². The highest BCUT2D eigenvalue weighted by Crippen LogP contribution is 2.29. The van der Waals surface area contributed by atoms with Gasteiger partial charge in [-0.2, -0.15) is 0 Å². The molecule has 5 heteroatoms. The van der Waals surface area contributed by atoms with E-state index in [1.54, 1.807) is 31.3 Å². The molecule has 29 heavy (non-hydrogen) atoms. The smallest absolute Gasteiger partial charge is 0.342 e. The summed E-state index contributed by atoms with van der Waals surface area (Å²) in [7, 11) is 0. The molecule has 4 aromatic rings. The number of esters is 1. The Hall–Kier alpha value is -3.60. The normalized spacial score (nSPS) is 12.1. The summed E-state index contributed by atoms with van der Waals surface area (Å²) in [6.07, 6.45) is 2.92. The highest BCUT2D eigenvalue weighted by molar-refractivity contribution is 6.11. The first kappa shape index (κ1) is 18.7. The Morgan fingerprint density at radius 1 is 1.03 bits per heavy atom. The number of aromatic amines is 1. The van der Waals surface area contributed by atoms with Gasteiger partial charge in [-0.15, -0.1) is 0 Å². The monoisotopic (exact) mass is 387 g/mol. The summed E-state index contributed by atoms with van der Waals surface area (Å²) in [5.74, 6) is -0.410. The van der Waals surface area contributed by atoms with Crippen LogP contribution in [0.5, 0.6) is 0 Å². The summed E-state index contributed by atoms with van der Waals surface area (Å²) < 4.78 is 10.9. The first-order valence-corrected chi connectivity index (χ1v) is 9.53. The van der Waals surface area contributed by atoms with Gasteiger partial charge in [0.15, 0.2) is 6.10 Å². The number of ether oxygens (including phenoxy) is 1. The average Bonchev–Trinajstić information content (AvgIpc) is 3.38. The highest BCUT2D eigenvalue weighted by Gasteiger charge is 2.29. The summed E-state index contributed by atoms with van der Waals surface area (Å²) >= 11 is 0. The molecule has 146 valence electrons. The molecule has 5 nitrogen and oxygen atoms in total. The Balaban J connectivity index is 1.75. The number of hydrogen-bond acceptors (Lipinski definition) is 4. The Kier molecular flexibility index (Phi) is 5.04. The zero-order chi connectivity index (χ0) is 20.4. The largest absolute Gasteiger partial charge is 0.469 e. The van der Waals surface area contributed by atoms with Crippen molar-refractivity contribution >= 4 is 22.7 Å². The molecule has 0 fully saturated rings. The predicted molar refractivity (Wildman–Crippen MR) is 110 cm³/mol. The molecule has 0 saturated carbocycles. The van der Waals surface area contributed by atoms with Crippen LogP contribution in [0.25, 0.3) is 10.9 Å². The lowest BCUT2D eigenvalue weighted by Gasteiger charge is -2.17. The molecule has 0 radical (unpaired) electrons. The third kappa shape index (κ3) is 3.47. The number of aryl methyl sites for hydroxylation is 2. The van der Waals surface area contributed by atoms with Crippen molar-refractivity contribution in [1.82, 2.24) is 4.98 Å². The van der Waals surface area contributed by atoms with Crippen molar-refractivity contribution in [1.29, 1.82) is 0 Å². The zero-order valence-corrected chi connectivity index (χ0v) is 16.3. The van der Waals surface area contributed by atoms with Gasteiger partial charge in [0.2, 0.25) is 5.78 Å². The van der Waals surface area contributed by atoms with Crippen LogP contribution in [-0.4, -0.2) is 16.7 Å². The van der Waals surface area contributed by atoms with Crippen molar-refractivity contribution in [2.45, 2.75) is 26.4 Å². The van der Waals surface area contributed by atoms with Gasteiger partial charge in [0, 0.05) is 28.2 Å². The fourth-order valence-corrected chi connectivity index (χ4v) is 3.52. The van der Waals surface area contributed by atoms with Gasteiger partial charge in [-0.3, -0.25) is 4.79 Å². The molecule has 2 aromatic carbocycles. The Labute approximate surface area is 168 Å². The van der Waals surface area contributed by atoms with Gasteiger partial charge < -0.3 is 14.1 Å². The fraction of sp³-hybridized carbons (Fsp3) is 0.167. The van der Waals surface area contributed by atoms with E-state index in [9.17, 15) is 9.59 Å². The van der Waals surface area contributed by atoms with Crippen LogP contribution in [0.15, 0.2) is 71.5 Å². The number of rotatable bonds is 6. The molecule has 0 bridgehead atoms. The molecule has 0 amide bonds. The highest BCUT2D eigenvalue weighted by atomic mass is 16.5. The van der Waals surface area contributed by atoms with Crippen LogP contribution in [0.3, 0.4) is 0 Å². The number of Topliss-reactive ketones (excluding diaryl/α,β-unsaturated/α-hetero) is 1. The minimum atomic E-state index is -1.05. The van der Waals surface area contributed by atoms with Crippen LogP contribution in [0.4, 0.5) is 0 Å². The molecule has 0 aliphatic carbocycles. The molecule has 0 unspecified atom stereocenters. The third-order valence-corrected chi connectivity index (χ3v) is 5.09. The first-order valence-electron chi connectivity index (χ1n) is 9.53. The molecule has 4 rings (SSSR count). The number of nitrogens with one attached hydrogen (secondary N) is 1. The van der Waals surface area contributed by atoms with Gasteiger partial charge in [0.05, 0.1) is 6.26 Å². The number of H-pyrrole nitrogens is 1. The minimum absolute atomic E-state index is 0.273. The maximum atomic E-state index is 13.5. The van der Waals surface area contributed by atoms with Crippen molar-refractivity contribution in [3.8, 4) is 0 Å². The van der Waals surface area contributed by atoms with Crippen molar-refractivity contribution < 1.29 is 18.7 Å². The van der Waals surface area contributed by atoms with E-state index in [0.717, 1.165) is 22.9 Å². The number of hydrogen-bond donors (Lipinski definition) is 1. The number of fused-ring (bicyclic) bond motifs is 1. The van der Waals surface area contributed by atoms with E-state index < -0.39 is 12.1 Å². The van der Waals surface area contributed by atoms with E-state index in [1.807, 2.05) is 36.4 Å². The van der Waals surface area contributed by atoms with Gasteiger partial charge in [-0.1, -0.05) is 55.5 Å². The number of ketones is 1. The van der Waals surface area contributed by atoms with E-state index in [2.05, 4.69) is 11.9 Å². The summed E-state index contributed by atoms with van der Waals surface area (Å²) in [4.78, 5) is 29.4. The van der Waals surface area contributed by atoms with Gasteiger partial charge in [-0.25, -0.2) is 4.79 Å². The van der Waals surface area contributed by atoms with Crippen LogP contribution in [0, 0.1) is 6.92 Å². The molecule has 1 atom stereocenters. The van der Waals surface area contributed by atoms with Crippen molar-refractivity contribution in [2.24, 2.45) is 0 Å². The Bertz CT molecular complexity index is 1170. The lowest BCUT2D eigenvalue weighted by Crippen LogP contribution is -2.20. The molecule has 2 heterocycles. The Morgan fingerprint density at radius 2 is 1.83 bits per heavy atom. The number of carbonyl (C=O) groups excluding carboxylic acids is 2. The number of furan rings is 1. The van der Waals surface area contributed by atoms with Crippen LogP contribution in [0.2, 0.25) is 0 Å².